The van der Waals surface area contributed by atoms with Crippen LogP contribution in [0.25, 0.3) is 0 Å². The van der Waals surface area contributed by atoms with Gasteiger partial charge in [-0.2, -0.15) is 0 Å². The van der Waals surface area contributed by atoms with Gasteiger partial charge in [0, 0.05) is 23.9 Å². The Morgan fingerprint density at radius 1 is 1.73 bits per heavy atom. The zero-order chi connectivity index (χ0) is 10.7. The van der Waals surface area contributed by atoms with Gasteiger partial charge >= 0.3 is 0 Å². The van der Waals surface area contributed by atoms with Crippen molar-refractivity contribution in [2.45, 2.75) is 25.8 Å². The summed E-state index contributed by atoms with van der Waals surface area (Å²) in [5, 5.41) is 3.14. The highest BCUT2D eigenvalue weighted by atomic mass is 32.1. The highest BCUT2D eigenvalue weighted by molar-refractivity contribution is 7.09. The molecule has 0 saturated carbocycles. The molecular weight excluding hydrogens is 210 g/mol. The number of aryl methyl sites for hydroxylation is 1. The number of nitrogens with zero attached hydrogens (tertiary/aromatic N) is 1. The highest BCUT2D eigenvalue weighted by Crippen LogP contribution is 2.18. The molecule has 0 radical (unpaired) electrons. The summed E-state index contributed by atoms with van der Waals surface area (Å²) in [6.07, 6.45) is 3.86. The van der Waals surface area contributed by atoms with Crippen LogP contribution in [0.1, 0.15) is 17.1 Å². The minimum Gasteiger partial charge on any atom is -0.496 e. The fourth-order valence-electron chi connectivity index (χ4n) is 1.59. The first kappa shape index (κ1) is 10.6. The fraction of sp³-hybridized carbons (Fsp3) is 0.500. The zero-order valence-corrected chi connectivity index (χ0v) is 9.51. The summed E-state index contributed by atoms with van der Waals surface area (Å²) in [7, 11) is 0. The predicted octanol–water partition coefficient (Wildman–Crippen LogP) is 1.13. The van der Waals surface area contributed by atoms with Crippen molar-refractivity contribution in [2.75, 3.05) is 6.61 Å². The predicted molar refractivity (Wildman–Crippen MR) is 60.3 cm³/mol. The summed E-state index contributed by atoms with van der Waals surface area (Å²) in [5.74, 6) is 6.46. The van der Waals surface area contributed by atoms with Gasteiger partial charge in [-0.3, -0.25) is 5.84 Å². The summed E-state index contributed by atoms with van der Waals surface area (Å²) in [6.45, 7) is 2.76. The first-order valence-corrected chi connectivity index (χ1v) is 5.87. The van der Waals surface area contributed by atoms with Crippen molar-refractivity contribution in [1.29, 1.82) is 0 Å². The highest BCUT2D eigenvalue weighted by Gasteiger charge is 2.19. The molecule has 1 aromatic rings. The van der Waals surface area contributed by atoms with Crippen LogP contribution in [0.5, 0.6) is 0 Å². The van der Waals surface area contributed by atoms with Gasteiger partial charge in [-0.05, 0) is 13.0 Å². The van der Waals surface area contributed by atoms with Crippen LogP contribution in [0, 0.1) is 6.92 Å². The van der Waals surface area contributed by atoms with Gasteiger partial charge in [-0.25, -0.2) is 10.4 Å². The van der Waals surface area contributed by atoms with Gasteiger partial charge in [0.15, 0.2) is 0 Å². The third-order valence-electron chi connectivity index (χ3n) is 2.32. The second-order valence-electron chi connectivity index (χ2n) is 3.55. The first-order chi connectivity index (χ1) is 7.29. The van der Waals surface area contributed by atoms with Gasteiger partial charge in [0.1, 0.15) is 5.76 Å². The van der Waals surface area contributed by atoms with E-state index in [0.29, 0.717) is 0 Å². The van der Waals surface area contributed by atoms with E-state index >= 15 is 0 Å². The van der Waals surface area contributed by atoms with Crippen LogP contribution < -0.4 is 11.3 Å². The van der Waals surface area contributed by atoms with Crippen molar-refractivity contribution in [1.82, 2.24) is 10.4 Å². The molecule has 0 saturated heterocycles. The Balaban J connectivity index is 2.02. The molecule has 15 heavy (non-hydrogen) atoms. The molecule has 1 unspecified atom stereocenters. The minimum atomic E-state index is 0.0537. The van der Waals surface area contributed by atoms with E-state index in [1.54, 1.807) is 11.3 Å². The molecule has 0 amide bonds. The number of ether oxygens (including phenoxy) is 1. The molecule has 1 aromatic heterocycles. The maximum atomic E-state index is 5.51. The lowest BCUT2D eigenvalue weighted by molar-refractivity contribution is 0.214. The summed E-state index contributed by atoms with van der Waals surface area (Å²) in [5.41, 5.74) is 3.84. The molecule has 4 nitrogen and oxygen atoms in total. The minimum absolute atomic E-state index is 0.0537. The van der Waals surface area contributed by atoms with E-state index < -0.39 is 0 Å². The number of aromatic nitrogens is 1. The number of nitrogens with two attached hydrogens (primary N) is 1. The number of rotatable bonds is 4. The first-order valence-electron chi connectivity index (χ1n) is 4.99. The lowest BCUT2D eigenvalue weighted by Crippen LogP contribution is -2.38. The Morgan fingerprint density at radius 3 is 3.13 bits per heavy atom. The van der Waals surface area contributed by atoms with Crippen LogP contribution in [0.15, 0.2) is 17.2 Å². The number of hydrogen-bond donors (Lipinski definition) is 2. The maximum absolute atomic E-state index is 5.51. The molecule has 0 aliphatic carbocycles. The molecule has 0 spiro atoms. The van der Waals surface area contributed by atoms with Crippen molar-refractivity contribution < 1.29 is 4.74 Å². The number of hydrogen-bond acceptors (Lipinski definition) is 5. The Morgan fingerprint density at radius 2 is 2.60 bits per heavy atom. The van der Waals surface area contributed by atoms with E-state index in [2.05, 4.69) is 16.5 Å². The van der Waals surface area contributed by atoms with Gasteiger partial charge < -0.3 is 4.74 Å². The third kappa shape index (κ3) is 2.56. The fourth-order valence-corrected chi connectivity index (χ4v) is 2.41. The molecule has 1 atom stereocenters. The van der Waals surface area contributed by atoms with Crippen LogP contribution in [-0.4, -0.2) is 17.6 Å². The average Bonchev–Trinajstić information content (AvgIpc) is 2.85. The van der Waals surface area contributed by atoms with Crippen molar-refractivity contribution in [3.05, 3.63) is 27.9 Å². The van der Waals surface area contributed by atoms with Crippen molar-refractivity contribution in [3.63, 3.8) is 0 Å². The van der Waals surface area contributed by atoms with E-state index in [4.69, 9.17) is 10.6 Å². The Hall–Kier alpha value is -0.910. The molecule has 1 aliphatic rings. The summed E-state index contributed by atoms with van der Waals surface area (Å²) in [6, 6.07) is 0.0537. The molecule has 5 heteroatoms. The number of hydrazine groups is 1. The Labute approximate surface area is 93.1 Å². The monoisotopic (exact) mass is 225 g/mol. The standard InChI is InChI=1S/C10H15N3OS/c1-7-6-15-10(12-7)5-8(13-11)9-3-2-4-14-9/h3,6,8,13H,2,4-5,11H2,1H3. The molecule has 0 aromatic carbocycles. The van der Waals surface area contributed by atoms with E-state index in [0.717, 1.165) is 35.9 Å². The smallest absolute Gasteiger partial charge is 0.111 e. The van der Waals surface area contributed by atoms with Crippen LogP contribution in [0.3, 0.4) is 0 Å². The van der Waals surface area contributed by atoms with Crippen molar-refractivity contribution in [3.8, 4) is 0 Å². The van der Waals surface area contributed by atoms with Gasteiger partial charge in [-0.1, -0.05) is 0 Å². The zero-order valence-electron chi connectivity index (χ0n) is 8.69. The van der Waals surface area contributed by atoms with Crippen molar-refractivity contribution >= 4 is 11.3 Å². The second kappa shape index (κ2) is 4.74. The Bertz CT molecular complexity index is 361. The maximum Gasteiger partial charge on any atom is 0.111 e. The largest absolute Gasteiger partial charge is 0.496 e. The summed E-state index contributed by atoms with van der Waals surface area (Å²) in [4.78, 5) is 4.41. The number of nitrogens with one attached hydrogen (secondary N) is 1. The molecule has 0 fully saturated rings. The van der Waals surface area contributed by atoms with E-state index in [-0.39, 0.29) is 6.04 Å². The SMILES string of the molecule is Cc1csc(CC(NN)C2=CCCO2)n1. The van der Waals surface area contributed by atoms with E-state index in [1.165, 1.54) is 0 Å². The molecule has 2 rings (SSSR count). The molecule has 1 aliphatic heterocycles. The molecular formula is C10H15N3OS. The van der Waals surface area contributed by atoms with Crippen LogP contribution in [0.4, 0.5) is 0 Å². The molecule has 82 valence electrons. The topological polar surface area (TPSA) is 60.2 Å². The Kier molecular flexibility index (Phi) is 3.35. The van der Waals surface area contributed by atoms with E-state index in [1.807, 2.05) is 12.3 Å². The summed E-state index contributed by atoms with van der Waals surface area (Å²) >= 11 is 1.66. The van der Waals surface area contributed by atoms with Gasteiger partial charge in [0.05, 0.1) is 17.7 Å². The number of thiazole rings is 1. The van der Waals surface area contributed by atoms with Gasteiger partial charge in [0.2, 0.25) is 0 Å². The summed E-state index contributed by atoms with van der Waals surface area (Å²) < 4.78 is 5.48. The second-order valence-corrected chi connectivity index (χ2v) is 4.49. The van der Waals surface area contributed by atoms with Crippen LogP contribution >= 0.6 is 11.3 Å². The van der Waals surface area contributed by atoms with E-state index in [9.17, 15) is 0 Å². The van der Waals surface area contributed by atoms with Crippen LogP contribution in [0.2, 0.25) is 0 Å². The average molecular weight is 225 g/mol. The normalized spacial score (nSPS) is 17.3. The quantitative estimate of drug-likeness (QED) is 0.595. The third-order valence-corrected chi connectivity index (χ3v) is 3.31. The van der Waals surface area contributed by atoms with Crippen molar-refractivity contribution in [2.24, 2.45) is 5.84 Å². The lowest BCUT2D eigenvalue weighted by atomic mass is 10.2. The molecule has 2 heterocycles. The molecule has 3 N–H and O–H groups in total. The van der Waals surface area contributed by atoms with Gasteiger partial charge in [0.25, 0.3) is 0 Å². The molecule has 0 bridgehead atoms. The lowest BCUT2D eigenvalue weighted by Gasteiger charge is -2.15. The van der Waals surface area contributed by atoms with Gasteiger partial charge in [-0.15, -0.1) is 11.3 Å². The van der Waals surface area contributed by atoms with Crippen LogP contribution in [-0.2, 0) is 11.2 Å².